The van der Waals surface area contributed by atoms with Gasteiger partial charge in [-0.15, -0.1) is 24.0 Å². The Labute approximate surface area is 183 Å². The Morgan fingerprint density at radius 3 is 2.75 bits per heavy atom. The van der Waals surface area contributed by atoms with Crippen LogP contribution in [0.2, 0.25) is 0 Å². The van der Waals surface area contributed by atoms with Crippen LogP contribution in [0.25, 0.3) is 0 Å². The van der Waals surface area contributed by atoms with Crippen molar-refractivity contribution in [3.05, 3.63) is 23.9 Å². The summed E-state index contributed by atoms with van der Waals surface area (Å²) in [5, 5.41) is 3.38. The summed E-state index contributed by atoms with van der Waals surface area (Å²) < 4.78 is 11.1. The van der Waals surface area contributed by atoms with Crippen LogP contribution in [0.15, 0.2) is 23.3 Å². The number of ether oxygens (including phenoxy) is 2. The van der Waals surface area contributed by atoms with Crippen molar-refractivity contribution in [3.63, 3.8) is 0 Å². The Morgan fingerprint density at radius 2 is 2.11 bits per heavy atom. The maximum absolute atomic E-state index is 12.5. The van der Waals surface area contributed by atoms with Crippen LogP contribution in [-0.4, -0.2) is 79.2 Å². The van der Waals surface area contributed by atoms with Gasteiger partial charge in [-0.2, -0.15) is 0 Å². The summed E-state index contributed by atoms with van der Waals surface area (Å²) in [7, 11) is 1.78. The summed E-state index contributed by atoms with van der Waals surface area (Å²) in [5.41, 5.74) is 0.993. The van der Waals surface area contributed by atoms with Gasteiger partial charge in [0.05, 0.1) is 6.61 Å². The summed E-state index contributed by atoms with van der Waals surface area (Å²) in [4.78, 5) is 25.2. The Morgan fingerprint density at radius 1 is 1.36 bits per heavy atom. The van der Waals surface area contributed by atoms with E-state index in [0.717, 1.165) is 37.5 Å². The van der Waals surface area contributed by atoms with Crippen LogP contribution in [-0.2, 0) is 16.1 Å². The Hall–Kier alpha value is -1.62. The number of piperazine rings is 1. The number of guanidine groups is 1. The van der Waals surface area contributed by atoms with E-state index in [1.165, 1.54) is 0 Å². The van der Waals surface area contributed by atoms with E-state index in [-0.39, 0.29) is 36.0 Å². The lowest BCUT2D eigenvalue weighted by Crippen LogP contribution is -2.55. The van der Waals surface area contributed by atoms with Crippen LogP contribution in [0.3, 0.4) is 0 Å². The molecule has 2 aliphatic rings. The molecule has 2 saturated heterocycles. The highest BCUT2D eigenvalue weighted by atomic mass is 127. The topological polar surface area (TPSA) is 79.3 Å². The molecule has 0 aliphatic carbocycles. The number of carbonyl (C=O) groups excluding carboxylic acids is 1. The maximum Gasteiger partial charge on any atom is 0.251 e. The van der Waals surface area contributed by atoms with E-state index in [2.05, 4.69) is 20.2 Å². The summed E-state index contributed by atoms with van der Waals surface area (Å²) in [6, 6.07) is 3.90. The first kappa shape index (κ1) is 22.7. The van der Waals surface area contributed by atoms with E-state index in [9.17, 15) is 4.79 Å². The van der Waals surface area contributed by atoms with Crippen LogP contribution in [0.4, 0.5) is 0 Å². The fourth-order valence-electron chi connectivity index (χ4n) is 3.45. The monoisotopic (exact) mass is 503 g/mol. The number of nitrogens with zero attached hydrogens (tertiary/aromatic N) is 4. The predicted molar refractivity (Wildman–Crippen MR) is 118 cm³/mol. The lowest BCUT2D eigenvalue weighted by molar-refractivity contribution is -0.142. The van der Waals surface area contributed by atoms with E-state index in [4.69, 9.17) is 9.47 Å². The molecule has 0 radical (unpaired) electrons. The second-order valence-corrected chi connectivity index (χ2v) is 6.62. The minimum Gasteiger partial charge on any atom is -0.478 e. The quantitative estimate of drug-likeness (QED) is 0.373. The van der Waals surface area contributed by atoms with E-state index in [1.807, 2.05) is 24.0 Å². The molecule has 2 aliphatic heterocycles. The average molecular weight is 503 g/mol. The molecule has 0 saturated carbocycles. The highest BCUT2D eigenvalue weighted by Crippen LogP contribution is 2.17. The van der Waals surface area contributed by atoms with E-state index in [0.29, 0.717) is 38.7 Å². The van der Waals surface area contributed by atoms with Crippen molar-refractivity contribution in [2.45, 2.75) is 32.4 Å². The number of pyridine rings is 1. The van der Waals surface area contributed by atoms with Crippen LogP contribution in [0, 0.1) is 0 Å². The van der Waals surface area contributed by atoms with Gasteiger partial charge in [0.15, 0.2) is 5.96 Å². The molecule has 1 unspecified atom stereocenters. The molecule has 3 heterocycles. The number of rotatable bonds is 5. The van der Waals surface area contributed by atoms with Crippen molar-refractivity contribution >= 4 is 35.8 Å². The first-order valence-electron chi connectivity index (χ1n) is 9.65. The maximum atomic E-state index is 12.5. The number of halogens is 1. The smallest absolute Gasteiger partial charge is 0.251 e. The summed E-state index contributed by atoms with van der Waals surface area (Å²) in [5.74, 6) is 1.60. The van der Waals surface area contributed by atoms with Crippen molar-refractivity contribution in [1.29, 1.82) is 0 Å². The Bertz CT molecular complexity index is 659. The average Bonchev–Trinajstić information content (AvgIpc) is 3.24. The Kier molecular flexibility index (Phi) is 9.23. The number of aromatic nitrogens is 1. The number of amides is 1. The molecular weight excluding hydrogens is 473 g/mol. The third kappa shape index (κ3) is 5.69. The number of hydrogen-bond donors (Lipinski definition) is 1. The van der Waals surface area contributed by atoms with Gasteiger partial charge in [0.25, 0.3) is 5.91 Å². The third-order valence-electron chi connectivity index (χ3n) is 4.88. The molecule has 9 heteroatoms. The SMILES string of the molecule is CCOc1ncccc1CNC(=NC)N1CCN(C(=O)C2CCCO2)CC1.I. The van der Waals surface area contributed by atoms with Gasteiger partial charge in [0.2, 0.25) is 5.88 Å². The van der Waals surface area contributed by atoms with Crippen molar-refractivity contribution in [2.24, 2.45) is 4.99 Å². The third-order valence-corrected chi connectivity index (χ3v) is 4.88. The Balaban J connectivity index is 0.00000280. The fraction of sp³-hybridized carbons (Fsp3) is 0.632. The van der Waals surface area contributed by atoms with E-state index >= 15 is 0 Å². The molecule has 2 fully saturated rings. The minimum atomic E-state index is -0.239. The van der Waals surface area contributed by atoms with Gasteiger partial charge in [-0.1, -0.05) is 6.07 Å². The molecule has 3 rings (SSSR count). The molecule has 0 bridgehead atoms. The summed E-state index contributed by atoms with van der Waals surface area (Å²) in [6.45, 7) is 6.71. The largest absolute Gasteiger partial charge is 0.478 e. The molecule has 0 spiro atoms. The van der Waals surface area contributed by atoms with Gasteiger partial charge < -0.3 is 24.6 Å². The zero-order chi connectivity index (χ0) is 19.1. The molecule has 1 N–H and O–H groups in total. The van der Waals surface area contributed by atoms with E-state index < -0.39 is 0 Å². The summed E-state index contributed by atoms with van der Waals surface area (Å²) in [6.07, 6.45) is 3.31. The normalized spacial score (nSPS) is 19.9. The molecule has 1 aromatic heterocycles. The molecule has 1 amide bonds. The molecule has 8 nitrogen and oxygen atoms in total. The fourth-order valence-corrected chi connectivity index (χ4v) is 3.45. The van der Waals surface area contributed by atoms with Crippen molar-refractivity contribution in [1.82, 2.24) is 20.1 Å². The van der Waals surface area contributed by atoms with Gasteiger partial charge in [0, 0.05) is 58.1 Å². The van der Waals surface area contributed by atoms with Gasteiger partial charge in [-0.3, -0.25) is 9.79 Å². The van der Waals surface area contributed by atoms with Crippen molar-refractivity contribution in [3.8, 4) is 5.88 Å². The number of carbonyl (C=O) groups is 1. The van der Waals surface area contributed by atoms with Crippen molar-refractivity contribution < 1.29 is 14.3 Å². The predicted octanol–water partition coefficient (Wildman–Crippen LogP) is 1.50. The second-order valence-electron chi connectivity index (χ2n) is 6.62. The van der Waals surface area contributed by atoms with Crippen LogP contribution in [0.5, 0.6) is 5.88 Å². The first-order chi connectivity index (χ1) is 13.2. The lowest BCUT2D eigenvalue weighted by atomic mass is 10.2. The number of aliphatic imine (C=N–C) groups is 1. The molecule has 1 atom stereocenters. The van der Waals surface area contributed by atoms with E-state index in [1.54, 1.807) is 13.2 Å². The van der Waals surface area contributed by atoms with Gasteiger partial charge in [-0.05, 0) is 25.8 Å². The van der Waals surface area contributed by atoms with Crippen LogP contribution < -0.4 is 10.1 Å². The number of nitrogens with one attached hydrogen (secondary N) is 1. The summed E-state index contributed by atoms with van der Waals surface area (Å²) >= 11 is 0. The van der Waals surface area contributed by atoms with Gasteiger partial charge in [-0.25, -0.2) is 4.98 Å². The molecule has 28 heavy (non-hydrogen) atoms. The standard InChI is InChI=1S/C19H29N5O3.HI/c1-3-26-17-15(6-4-8-21-17)14-22-19(20-2)24-11-9-23(10-12-24)18(25)16-7-5-13-27-16;/h4,6,8,16H,3,5,7,9-14H2,1-2H3,(H,20,22);1H. The zero-order valence-electron chi connectivity index (χ0n) is 16.6. The zero-order valence-corrected chi connectivity index (χ0v) is 18.9. The molecule has 1 aromatic rings. The molecule has 0 aromatic carbocycles. The van der Waals surface area contributed by atoms with Crippen LogP contribution >= 0.6 is 24.0 Å². The van der Waals surface area contributed by atoms with Gasteiger partial charge >= 0.3 is 0 Å². The molecular formula is C19H30IN5O3. The van der Waals surface area contributed by atoms with Gasteiger partial charge in [0.1, 0.15) is 6.10 Å². The van der Waals surface area contributed by atoms with Crippen LogP contribution in [0.1, 0.15) is 25.3 Å². The molecule has 156 valence electrons. The minimum absolute atomic E-state index is 0. The highest BCUT2D eigenvalue weighted by Gasteiger charge is 2.30. The number of hydrogen-bond acceptors (Lipinski definition) is 5. The first-order valence-corrected chi connectivity index (χ1v) is 9.65. The lowest BCUT2D eigenvalue weighted by Gasteiger charge is -2.37. The van der Waals surface area contributed by atoms with Crippen molar-refractivity contribution in [2.75, 3.05) is 46.4 Å². The highest BCUT2D eigenvalue weighted by molar-refractivity contribution is 14.0. The second kappa shape index (κ2) is 11.4.